The minimum Gasteiger partial charge on any atom is -0.342 e. The van der Waals surface area contributed by atoms with Gasteiger partial charge in [0.25, 0.3) is 0 Å². The second kappa shape index (κ2) is 8.85. The summed E-state index contributed by atoms with van der Waals surface area (Å²) in [6.07, 6.45) is 3.85. The molecule has 0 bridgehead atoms. The van der Waals surface area contributed by atoms with Crippen LogP contribution in [0.4, 0.5) is 5.69 Å². The van der Waals surface area contributed by atoms with Gasteiger partial charge in [-0.25, -0.2) is 0 Å². The van der Waals surface area contributed by atoms with Gasteiger partial charge >= 0.3 is 0 Å². The molecule has 1 aromatic heterocycles. The van der Waals surface area contributed by atoms with E-state index in [2.05, 4.69) is 90.7 Å². The minimum atomic E-state index is 0.475. The third-order valence-electron chi connectivity index (χ3n) is 4.75. The first-order valence-corrected chi connectivity index (χ1v) is 9.72. The molecule has 0 aliphatic rings. The van der Waals surface area contributed by atoms with E-state index in [4.69, 9.17) is 12.2 Å². The number of anilines is 1. The van der Waals surface area contributed by atoms with Gasteiger partial charge in [0, 0.05) is 18.4 Å². The number of thiocarbonyl (C=S) groups is 1. The molecule has 28 heavy (non-hydrogen) atoms. The first kappa shape index (κ1) is 19.8. The van der Waals surface area contributed by atoms with Crippen LogP contribution in [-0.4, -0.2) is 15.9 Å². The smallest absolute Gasteiger partial charge is 0.191 e. The predicted molar refractivity (Wildman–Crippen MR) is 122 cm³/mol. The van der Waals surface area contributed by atoms with Crippen molar-refractivity contribution < 1.29 is 0 Å². The zero-order valence-electron chi connectivity index (χ0n) is 16.8. The quantitative estimate of drug-likeness (QED) is 0.362. The largest absolute Gasteiger partial charge is 0.342 e. The van der Waals surface area contributed by atoms with E-state index in [9.17, 15) is 0 Å². The average Bonchev–Trinajstić information content (AvgIpc) is 3.07. The highest BCUT2D eigenvalue weighted by molar-refractivity contribution is 7.80. The minimum absolute atomic E-state index is 0.475. The van der Waals surface area contributed by atoms with Crippen molar-refractivity contribution >= 4 is 29.2 Å². The summed E-state index contributed by atoms with van der Waals surface area (Å²) in [5.41, 5.74) is 11.1. The monoisotopic (exact) mass is 390 g/mol. The maximum Gasteiger partial charge on any atom is 0.191 e. The third kappa shape index (κ3) is 4.87. The number of aromatic nitrogens is 1. The highest BCUT2D eigenvalue weighted by atomic mass is 32.1. The van der Waals surface area contributed by atoms with Crippen LogP contribution in [0.3, 0.4) is 0 Å². The second-order valence-electron chi connectivity index (χ2n) is 7.09. The molecule has 3 aromatic rings. The second-order valence-corrected chi connectivity index (χ2v) is 7.49. The number of hydrazone groups is 1. The van der Waals surface area contributed by atoms with E-state index in [0.29, 0.717) is 5.11 Å². The van der Waals surface area contributed by atoms with Crippen molar-refractivity contribution in [1.29, 1.82) is 0 Å². The lowest BCUT2D eigenvalue weighted by molar-refractivity contribution is 0.793. The van der Waals surface area contributed by atoms with Gasteiger partial charge in [-0.1, -0.05) is 42.0 Å². The van der Waals surface area contributed by atoms with Crippen molar-refractivity contribution in [2.75, 3.05) is 5.32 Å². The van der Waals surface area contributed by atoms with Crippen LogP contribution in [0.25, 0.3) is 0 Å². The van der Waals surface area contributed by atoms with Crippen LogP contribution in [0.5, 0.6) is 0 Å². The topological polar surface area (TPSA) is 41.4 Å². The predicted octanol–water partition coefficient (Wildman–Crippen LogP) is 5.09. The Bertz CT molecular complexity index is 994. The molecule has 0 spiro atoms. The average molecular weight is 391 g/mol. The number of aryl methyl sites for hydroxylation is 4. The lowest BCUT2D eigenvalue weighted by atomic mass is 10.1. The van der Waals surface area contributed by atoms with E-state index in [1.807, 2.05) is 12.1 Å². The molecule has 0 fully saturated rings. The van der Waals surface area contributed by atoms with Gasteiger partial charge in [0.15, 0.2) is 5.11 Å². The van der Waals surface area contributed by atoms with Crippen molar-refractivity contribution in [1.82, 2.24) is 9.99 Å². The number of benzene rings is 2. The van der Waals surface area contributed by atoms with Gasteiger partial charge < -0.3 is 9.88 Å². The van der Waals surface area contributed by atoms with Crippen LogP contribution >= 0.6 is 12.2 Å². The van der Waals surface area contributed by atoms with Gasteiger partial charge in [0.2, 0.25) is 0 Å². The van der Waals surface area contributed by atoms with Gasteiger partial charge in [0.05, 0.1) is 11.9 Å². The van der Waals surface area contributed by atoms with E-state index in [-0.39, 0.29) is 0 Å². The molecule has 0 saturated heterocycles. The van der Waals surface area contributed by atoms with Crippen molar-refractivity contribution in [3.63, 3.8) is 0 Å². The van der Waals surface area contributed by atoms with Gasteiger partial charge in [-0.2, -0.15) is 5.10 Å². The Morgan fingerprint density at radius 2 is 1.71 bits per heavy atom. The van der Waals surface area contributed by atoms with Crippen molar-refractivity contribution in [3.05, 3.63) is 88.2 Å². The molecule has 0 aliphatic heterocycles. The fraction of sp³-hybridized carbons (Fsp3) is 0.217. The zero-order valence-corrected chi connectivity index (χ0v) is 17.6. The Kier molecular flexibility index (Phi) is 6.26. The normalized spacial score (nSPS) is 11.0. The summed E-state index contributed by atoms with van der Waals surface area (Å²) in [6.45, 7) is 9.19. The fourth-order valence-electron chi connectivity index (χ4n) is 3.34. The number of nitrogens with one attached hydrogen (secondary N) is 2. The van der Waals surface area contributed by atoms with E-state index in [1.165, 1.54) is 16.7 Å². The first-order chi connectivity index (χ1) is 13.4. The van der Waals surface area contributed by atoms with Gasteiger partial charge in [0.1, 0.15) is 0 Å². The number of nitrogens with zero attached hydrogens (tertiary/aromatic N) is 2. The van der Waals surface area contributed by atoms with Crippen molar-refractivity contribution in [2.24, 2.45) is 5.10 Å². The maximum atomic E-state index is 5.40. The zero-order chi connectivity index (χ0) is 20.1. The summed E-state index contributed by atoms with van der Waals surface area (Å²) in [4.78, 5) is 0. The highest BCUT2D eigenvalue weighted by Gasteiger charge is 2.06. The molecular formula is C23H26N4S. The molecule has 2 aromatic carbocycles. The first-order valence-electron chi connectivity index (χ1n) is 9.31. The summed E-state index contributed by atoms with van der Waals surface area (Å²) in [5, 5.41) is 8.03. The van der Waals surface area contributed by atoms with Gasteiger partial charge in [-0.05, 0) is 74.3 Å². The van der Waals surface area contributed by atoms with E-state index in [0.717, 1.165) is 29.1 Å². The molecule has 0 radical (unpaired) electrons. The highest BCUT2D eigenvalue weighted by Crippen LogP contribution is 2.21. The lowest BCUT2D eigenvalue weighted by Gasteiger charge is -2.14. The lowest BCUT2D eigenvalue weighted by Crippen LogP contribution is -2.25. The fourth-order valence-corrected chi connectivity index (χ4v) is 3.49. The van der Waals surface area contributed by atoms with Gasteiger partial charge in [-0.3, -0.25) is 5.43 Å². The number of hydrogen-bond donors (Lipinski definition) is 2. The molecule has 0 aliphatic carbocycles. The summed E-state index contributed by atoms with van der Waals surface area (Å²) in [7, 11) is 0. The Hall–Kier alpha value is -2.92. The Morgan fingerprint density at radius 3 is 2.43 bits per heavy atom. The summed E-state index contributed by atoms with van der Waals surface area (Å²) >= 11 is 5.40. The summed E-state index contributed by atoms with van der Waals surface area (Å²) in [5.74, 6) is 0. The molecule has 5 heteroatoms. The van der Waals surface area contributed by atoms with Crippen LogP contribution in [0.2, 0.25) is 0 Å². The SMILES string of the molecule is Cc1cc(C)c(NC(=S)N/N=C\c2cccn2Cc2ccccc2C)c(C)c1. The molecule has 0 atom stereocenters. The molecule has 0 amide bonds. The molecule has 0 unspecified atom stereocenters. The molecular weight excluding hydrogens is 364 g/mol. The van der Waals surface area contributed by atoms with Crippen molar-refractivity contribution in [3.8, 4) is 0 Å². The van der Waals surface area contributed by atoms with Crippen LogP contribution in [0, 0.1) is 27.7 Å². The standard InChI is InChI=1S/C23H26N4S/c1-16-12-18(3)22(19(4)13-16)25-23(28)26-24-14-21-10-7-11-27(21)15-20-9-6-5-8-17(20)2/h5-14H,15H2,1-4H3,(H2,25,26,28)/b24-14-. The third-order valence-corrected chi connectivity index (χ3v) is 4.94. The number of hydrogen-bond acceptors (Lipinski definition) is 2. The van der Waals surface area contributed by atoms with E-state index in [1.54, 1.807) is 6.21 Å². The van der Waals surface area contributed by atoms with Crippen LogP contribution in [0.15, 0.2) is 59.8 Å². The summed E-state index contributed by atoms with van der Waals surface area (Å²) in [6, 6.07) is 16.8. The van der Waals surface area contributed by atoms with Crippen LogP contribution < -0.4 is 10.7 Å². The van der Waals surface area contributed by atoms with Crippen LogP contribution in [0.1, 0.15) is 33.5 Å². The van der Waals surface area contributed by atoms with Gasteiger partial charge in [-0.15, -0.1) is 0 Å². The van der Waals surface area contributed by atoms with E-state index < -0.39 is 0 Å². The van der Waals surface area contributed by atoms with Crippen LogP contribution in [-0.2, 0) is 6.54 Å². The molecule has 0 saturated carbocycles. The molecule has 4 nitrogen and oxygen atoms in total. The van der Waals surface area contributed by atoms with E-state index >= 15 is 0 Å². The molecule has 3 rings (SSSR count). The molecule has 1 heterocycles. The summed E-state index contributed by atoms with van der Waals surface area (Å²) < 4.78 is 2.16. The Balaban J connectivity index is 1.64. The Labute approximate surface area is 172 Å². The number of rotatable bonds is 5. The Morgan fingerprint density at radius 1 is 1.00 bits per heavy atom. The maximum absolute atomic E-state index is 5.40. The van der Waals surface area contributed by atoms with Crippen molar-refractivity contribution in [2.45, 2.75) is 34.2 Å². The molecule has 2 N–H and O–H groups in total. The molecule has 144 valence electrons.